The van der Waals surface area contributed by atoms with Gasteiger partial charge in [0.15, 0.2) is 0 Å². The van der Waals surface area contributed by atoms with E-state index in [-0.39, 0.29) is 11.9 Å². The molecule has 1 aliphatic heterocycles. The minimum Gasteiger partial charge on any atom is -0.481 e. The molecule has 2 aliphatic carbocycles. The Balaban J connectivity index is 1.60. The maximum absolute atomic E-state index is 12.3. The molecule has 0 spiro atoms. The Bertz CT molecular complexity index is 437. The van der Waals surface area contributed by atoms with Crippen molar-refractivity contribution in [1.82, 2.24) is 10.2 Å². The first-order valence-corrected chi connectivity index (χ1v) is 7.73. The van der Waals surface area contributed by atoms with Crippen molar-refractivity contribution >= 4 is 12.0 Å². The lowest BCUT2D eigenvalue weighted by molar-refractivity contribution is -0.149. The van der Waals surface area contributed by atoms with Gasteiger partial charge in [-0.3, -0.25) is 4.79 Å². The Morgan fingerprint density at radius 2 is 2.15 bits per heavy atom. The maximum atomic E-state index is 12.3. The first-order valence-electron chi connectivity index (χ1n) is 7.73. The van der Waals surface area contributed by atoms with Crippen LogP contribution < -0.4 is 5.32 Å². The summed E-state index contributed by atoms with van der Waals surface area (Å²) in [5.41, 5.74) is -0.668. The molecular formula is C15H24N2O3. The summed E-state index contributed by atoms with van der Waals surface area (Å²) in [6, 6.07) is 0.233. The zero-order valence-electron chi connectivity index (χ0n) is 12.3. The van der Waals surface area contributed by atoms with Gasteiger partial charge < -0.3 is 15.3 Å². The lowest BCUT2D eigenvalue weighted by Crippen LogP contribution is -2.42. The Hall–Kier alpha value is -1.26. The predicted octanol–water partition coefficient (Wildman–Crippen LogP) is 1.93. The normalized spacial score (nSPS) is 39.0. The average Bonchev–Trinajstić information content (AvgIpc) is 2.85. The van der Waals surface area contributed by atoms with E-state index in [1.54, 1.807) is 4.90 Å². The molecule has 5 nitrogen and oxygen atoms in total. The second-order valence-electron chi connectivity index (χ2n) is 7.13. The van der Waals surface area contributed by atoms with Gasteiger partial charge in [0.05, 0.1) is 5.41 Å². The molecule has 3 aliphatic rings. The number of aliphatic carboxylic acids is 1. The van der Waals surface area contributed by atoms with Crippen LogP contribution in [0.15, 0.2) is 0 Å². The Morgan fingerprint density at radius 1 is 1.40 bits per heavy atom. The predicted molar refractivity (Wildman–Crippen MR) is 74.2 cm³/mol. The highest BCUT2D eigenvalue weighted by molar-refractivity contribution is 5.80. The Kier molecular flexibility index (Phi) is 3.18. The molecule has 4 atom stereocenters. The third-order valence-electron chi connectivity index (χ3n) is 5.59. The lowest BCUT2D eigenvalue weighted by atomic mass is 9.81. The SMILES string of the molecule is CC(C)[C@@H]1C[C@H]1NC(=O)N1C[C@@H]2CCC[C@@]2(C(=O)O)C1. The van der Waals surface area contributed by atoms with Crippen molar-refractivity contribution in [3.8, 4) is 0 Å². The summed E-state index contributed by atoms with van der Waals surface area (Å²) >= 11 is 0. The fourth-order valence-corrected chi connectivity index (χ4v) is 4.16. The molecule has 0 radical (unpaired) electrons. The van der Waals surface area contributed by atoms with Gasteiger partial charge in [0, 0.05) is 19.1 Å². The fraction of sp³-hybridized carbons (Fsp3) is 0.867. The molecule has 3 rings (SSSR count). The molecule has 20 heavy (non-hydrogen) atoms. The van der Waals surface area contributed by atoms with Crippen LogP contribution in [0, 0.1) is 23.2 Å². The number of likely N-dealkylation sites (tertiary alicyclic amines) is 1. The van der Waals surface area contributed by atoms with Crippen LogP contribution in [-0.2, 0) is 4.79 Å². The third-order valence-corrected chi connectivity index (χ3v) is 5.59. The summed E-state index contributed by atoms with van der Waals surface area (Å²) in [5, 5.41) is 12.6. The summed E-state index contributed by atoms with van der Waals surface area (Å²) in [6.45, 7) is 5.35. The fourth-order valence-electron chi connectivity index (χ4n) is 4.16. The highest BCUT2D eigenvalue weighted by Crippen LogP contribution is 2.49. The van der Waals surface area contributed by atoms with Crippen LogP contribution in [0.2, 0.25) is 0 Å². The number of amides is 2. The molecule has 0 bridgehead atoms. The van der Waals surface area contributed by atoms with E-state index in [0.29, 0.717) is 31.0 Å². The largest absolute Gasteiger partial charge is 0.481 e. The molecule has 0 aromatic carbocycles. The van der Waals surface area contributed by atoms with E-state index >= 15 is 0 Å². The summed E-state index contributed by atoms with van der Waals surface area (Å²) in [4.78, 5) is 25.6. The van der Waals surface area contributed by atoms with Gasteiger partial charge in [0.1, 0.15) is 0 Å². The van der Waals surface area contributed by atoms with Gasteiger partial charge in [0.2, 0.25) is 0 Å². The molecule has 2 amide bonds. The highest BCUT2D eigenvalue weighted by Gasteiger charge is 2.56. The van der Waals surface area contributed by atoms with Crippen LogP contribution in [0.1, 0.15) is 39.5 Å². The van der Waals surface area contributed by atoms with E-state index in [9.17, 15) is 14.7 Å². The van der Waals surface area contributed by atoms with Crippen LogP contribution in [0.5, 0.6) is 0 Å². The van der Waals surface area contributed by atoms with Crippen LogP contribution in [0.4, 0.5) is 4.79 Å². The smallest absolute Gasteiger partial charge is 0.317 e. The van der Waals surface area contributed by atoms with Crippen molar-refractivity contribution in [1.29, 1.82) is 0 Å². The number of hydrogen-bond donors (Lipinski definition) is 2. The van der Waals surface area contributed by atoms with Crippen LogP contribution in [0.25, 0.3) is 0 Å². The van der Waals surface area contributed by atoms with Crippen molar-refractivity contribution in [2.75, 3.05) is 13.1 Å². The van der Waals surface area contributed by atoms with Crippen molar-refractivity contribution in [2.45, 2.75) is 45.6 Å². The van der Waals surface area contributed by atoms with Gasteiger partial charge in [-0.1, -0.05) is 20.3 Å². The zero-order valence-corrected chi connectivity index (χ0v) is 12.3. The molecule has 2 saturated carbocycles. The molecule has 0 aromatic rings. The minimum absolute atomic E-state index is 0.0619. The molecule has 0 aromatic heterocycles. The quantitative estimate of drug-likeness (QED) is 0.830. The van der Waals surface area contributed by atoms with Gasteiger partial charge in [-0.25, -0.2) is 4.79 Å². The second kappa shape index (κ2) is 4.64. The zero-order chi connectivity index (χ0) is 14.5. The topological polar surface area (TPSA) is 69.6 Å². The standard InChI is InChI=1S/C15H24N2O3/c1-9(2)11-6-12(11)16-14(20)17-7-10-4-3-5-15(10,8-17)13(18)19/h9-12H,3-8H2,1-2H3,(H,16,20)(H,18,19)/t10-,11-,12+,15+/m0/s1. The first kappa shape index (κ1) is 13.7. The Morgan fingerprint density at radius 3 is 2.70 bits per heavy atom. The number of nitrogens with one attached hydrogen (secondary N) is 1. The number of rotatable bonds is 3. The van der Waals surface area contributed by atoms with Crippen molar-refractivity contribution < 1.29 is 14.7 Å². The molecular weight excluding hydrogens is 256 g/mol. The summed E-state index contributed by atoms with van der Waals surface area (Å²) < 4.78 is 0. The minimum atomic E-state index is -0.721. The number of carboxylic acid groups (broad SMARTS) is 1. The van der Waals surface area contributed by atoms with E-state index in [2.05, 4.69) is 19.2 Å². The van der Waals surface area contributed by atoms with Crippen molar-refractivity contribution in [3.05, 3.63) is 0 Å². The number of fused-ring (bicyclic) bond motifs is 1. The van der Waals surface area contributed by atoms with E-state index in [4.69, 9.17) is 0 Å². The number of urea groups is 1. The average molecular weight is 280 g/mol. The van der Waals surface area contributed by atoms with E-state index < -0.39 is 11.4 Å². The highest BCUT2D eigenvalue weighted by atomic mass is 16.4. The number of carbonyl (C=O) groups is 2. The summed E-state index contributed by atoms with van der Waals surface area (Å²) in [7, 11) is 0. The van der Waals surface area contributed by atoms with E-state index in [1.807, 2.05) is 0 Å². The molecule has 2 N–H and O–H groups in total. The number of hydrogen-bond acceptors (Lipinski definition) is 2. The first-order chi connectivity index (χ1) is 9.44. The summed E-state index contributed by atoms with van der Waals surface area (Å²) in [6.07, 6.45) is 3.69. The van der Waals surface area contributed by atoms with Crippen molar-refractivity contribution in [3.63, 3.8) is 0 Å². The summed E-state index contributed by atoms with van der Waals surface area (Å²) in [5.74, 6) is 0.616. The van der Waals surface area contributed by atoms with E-state index in [0.717, 1.165) is 25.7 Å². The number of carboxylic acids is 1. The Labute approximate surface area is 119 Å². The second-order valence-corrected chi connectivity index (χ2v) is 7.13. The van der Waals surface area contributed by atoms with Gasteiger partial charge in [-0.2, -0.15) is 0 Å². The van der Waals surface area contributed by atoms with E-state index in [1.165, 1.54) is 0 Å². The van der Waals surface area contributed by atoms with Crippen LogP contribution in [0.3, 0.4) is 0 Å². The van der Waals surface area contributed by atoms with Gasteiger partial charge >= 0.3 is 12.0 Å². The van der Waals surface area contributed by atoms with Gasteiger partial charge in [-0.05, 0) is 37.0 Å². The maximum Gasteiger partial charge on any atom is 0.317 e. The molecule has 3 fully saturated rings. The monoisotopic (exact) mass is 280 g/mol. The van der Waals surface area contributed by atoms with Gasteiger partial charge in [-0.15, -0.1) is 0 Å². The van der Waals surface area contributed by atoms with Crippen LogP contribution in [-0.4, -0.2) is 41.1 Å². The molecule has 1 saturated heterocycles. The van der Waals surface area contributed by atoms with Crippen molar-refractivity contribution in [2.24, 2.45) is 23.2 Å². The molecule has 112 valence electrons. The number of nitrogens with zero attached hydrogens (tertiary/aromatic N) is 1. The molecule has 5 heteroatoms. The molecule has 0 unspecified atom stereocenters. The van der Waals surface area contributed by atoms with Crippen LogP contribution >= 0.6 is 0 Å². The lowest BCUT2D eigenvalue weighted by Gasteiger charge is -2.23. The number of carbonyl (C=O) groups excluding carboxylic acids is 1. The van der Waals surface area contributed by atoms with Gasteiger partial charge in [0.25, 0.3) is 0 Å². The third kappa shape index (κ3) is 2.07. The molecule has 1 heterocycles.